The molecule has 1 unspecified atom stereocenters. The van der Waals surface area contributed by atoms with Gasteiger partial charge in [0.1, 0.15) is 11.4 Å². The number of hydrogen-bond donors (Lipinski definition) is 2. The largest absolute Gasteiger partial charge is 0.347 e. The molecule has 0 bridgehead atoms. The van der Waals surface area contributed by atoms with Crippen LogP contribution in [0.1, 0.15) is 99.8 Å². The van der Waals surface area contributed by atoms with Gasteiger partial charge in [-0.2, -0.15) is 0 Å². The SMILES string of the molecule is CC/C(=C\C=C(/C)C(=O)NCC=N)C(CCC(C)(C)C)N1C(=O)C(/C(C)=C/C(Cl)=C\CCl)=NC12CCC(CC)CC2. The Morgan fingerprint density at radius 3 is 2.41 bits per heavy atom. The highest BCUT2D eigenvalue weighted by molar-refractivity contribution is 6.47. The lowest BCUT2D eigenvalue weighted by molar-refractivity contribution is -0.132. The minimum atomic E-state index is -0.591. The monoisotopic (exact) mass is 604 g/mol. The van der Waals surface area contributed by atoms with E-state index in [9.17, 15) is 9.59 Å². The summed E-state index contributed by atoms with van der Waals surface area (Å²) < 4.78 is 0. The van der Waals surface area contributed by atoms with Gasteiger partial charge in [0.25, 0.3) is 5.91 Å². The number of alkyl halides is 1. The zero-order valence-electron chi connectivity index (χ0n) is 26.1. The zero-order valence-corrected chi connectivity index (χ0v) is 27.6. The summed E-state index contributed by atoms with van der Waals surface area (Å²) in [5, 5.41) is 10.4. The van der Waals surface area contributed by atoms with Gasteiger partial charge in [-0.1, -0.05) is 70.9 Å². The van der Waals surface area contributed by atoms with Gasteiger partial charge in [-0.3, -0.25) is 14.6 Å². The van der Waals surface area contributed by atoms with Crippen molar-refractivity contribution in [3.8, 4) is 0 Å². The van der Waals surface area contributed by atoms with Crippen LogP contribution >= 0.6 is 23.2 Å². The molecule has 8 heteroatoms. The molecule has 2 amide bonds. The Kier molecular flexibility index (Phi) is 13.6. The van der Waals surface area contributed by atoms with Crippen molar-refractivity contribution >= 4 is 46.9 Å². The normalized spacial score (nSPS) is 23.6. The minimum absolute atomic E-state index is 0.0493. The number of aliphatic imine (C=N–C) groups is 1. The molecule has 1 spiro atoms. The summed E-state index contributed by atoms with van der Waals surface area (Å²) in [4.78, 5) is 34.2. The summed E-state index contributed by atoms with van der Waals surface area (Å²) >= 11 is 12.2. The Bertz CT molecular complexity index is 1100. The maximum atomic E-state index is 14.4. The quantitative estimate of drug-likeness (QED) is 0.0962. The van der Waals surface area contributed by atoms with Crippen molar-refractivity contribution in [2.24, 2.45) is 16.3 Å². The van der Waals surface area contributed by atoms with E-state index in [0.717, 1.165) is 62.5 Å². The number of carbonyl (C=O) groups excluding carboxylic acids is 2. The highest BCUT2D eigenvalue weighted by Crippen LogP contribution is 2.46. The molecule has 2 aliphatic rings. The van der Waals surface area contributed by atoms with E-state index in [-0.39, 0.29) is 29.8 Å². The van der Waals surface area contributed by atoms with Crippen molar-refractivity contribution in [1.29, 1.82) is 5.41 Å². The fourth-order valence-electron chi connectivity index (χ4n) is 5.72. The lowest BCUT2D eigenvalue weighted by atomic mass is 9.78. The van der Waals surface area contributed by atoms with Gasteiger partial charge >= 0.3 is 0 Å². The summed E-state index contributed by atoms with van der Waals surface area (Å²) in [6.45, 7) is 14.9. The molecule has 0 aromatic heterocycles. The predicted octanol–water partition coefficient (Wildman–Crippen LogP) is 8.12. The molecule has 1 aliphatic carbocycles. The van der Waals surface area contributed by atoms with Crippen LogP contribution in [0.15, 0.2) is 51.0 Å². The van der Waals surface area contributed by atoms with Gasteiger partial charge in [0, 0.05) is 22.7 Å². The smallest absolute Gasteiger partial charge is 0.274 e. The molecular formula is C33H50Cl2N4O2. The van der Waals surface area contributed by atoms with E-state index in [2.05, 4.69) is 44.8 Å². The first-order valence-corrected chi connectivity index (χ1v) is 15.9. The van der Waals surface area contributed by atoms with Crippen molar-refractivity contribution in [3.63, 3.8) is 0 Å². The van der Waals surface area contributed by atoms with Crippen molar-refractivity contribution in [2.75, 3.05) is 12.4 Å². The average molecular weight is 606 g/mol. The molecule has 1 atom stereocenters. The topological polar surface area (TPSA) is 85.6 Å². The minimum Gasteiger partial charge on any atom is -0.347 e. The molecule has 1 heterocycles. The van der Waals surface area contributed by atoms with Crippen LogP contribution < -0.4 is 5.32 Å². The van der Waals surface area contributed by atoms with E-state index in [4.69, 9.17) is 33.6 Å². The first-order valence-electron chi connectivity index (χ1n) is 15.0. The zero-order chi connectivity index (χ0) is 30.8. The van der Waals surface area contributed by atoms with Crippen LogP contribution in [0, 0.1) is 16.7 Å². The van der Waals surface area contributed by atoms with Crippen molar-refractivity contribution in [3.05, 3.63) is 46.1 Å². The fourth-order valence-corrected chi connectivity index (χ4v) is 6.20. The second-order valence-corrected chi connectivity index (χ2v) is 13.3. The summed E-state index contributed by atoms with van der Waals surface area (Å²) in [6.07, 6.45) is 15.9. The maximum Gasteiger partial charge on any atom is 0.274 e. The summed E-state index contributed by atoms with van der Waals surface area (Å²) in [6, 6.07) is -0.151. The molecule has 0 saturated heterocycles. The molecule has 6 nitrogen and oxygen atoms in total. The van der Waals surface area contributed by atoms with Crippen LogP contribution in [0.4, 0.5) is 0 Å². The molecule has 1 fully saturated rings. The van der Waals surface area contributed by atoms with Crippen molar-refractivity contribution in [2.45, 2.75) is 112 Å². The van der Waals surface area contributed by atoms with E-state index in [0.29, 0.717) is 28.1 Å². The van der Waals surface area contributed by atoms with Crippen LogP contribution in [0.5, 0.6) is 0 Å². The average Bonchev–Trinajstić information content (AvgIpc) is 3.20. The Morgan fingerprint density at radius 1 is 1.22 bits per heavy atom. The first kappa shape index (κ1) is 35.0. The summed E-state index contributed by atoms with van der Waals surface area (Å²) in [5.74, 6) is 0.690. The van der Waals surface area contributed by atoms with Gasteiger partial charge in [-0.05, 0) is 87.3 Å². The highest BCUT2D eigenvalue weighted by atomic mass is 35.5. The Balaban J connectivity index is 2.64. The van der Waals surface area contributed by atoms with Gasteiger partial charge in [-0.25, -0.2) is 0 Å². The molecule has 0 aromatic rings. The first-order chi connectivity index (χ1) is 19.3. The summed E-state index contributed by atoms with van der Waals surface area (Å²) in [7, 11) is 0. The molecule has 0 radical (unpaired) electrons. The van der Waals surface area contributed by atoms with Gasteiger partial charge in [0.2, 0.25) is 5.91 Å². The number of allylic oxidation sites excluding steroid dienone is 5. The van der Waals surface area contributed by atoms with Crippen molar-refractivity contribution in [1.82, 2.24) is 10.2 Å². The van der Waals surface area contributed by atoms with E-state index >= 15 is 0 Å². The number of halogens is 2. The van der Waals surface area contributed by atoms with Crippen LogP contribution in [0.25, 0.3) is 0 Å². The molecule has 0 aromatic carbocycles. The fraction of sp³-hybridized carbons (Fsp3) is 0.636. The second kappa shape index (κ2) is 15.9. The molecular weight excluding hydrogens is 555 g/mol. The molecule has 2 rings (SSSR count). The van der Waals surface area contributed by atoms with E-state index in [1.54, 1.807) is 19.1 Å². The second-order valence-electron chi connectivity index (χ2n) is 12.5. The number of nitrogens with zero attached hydrogens (tertiary/aromatic N) is 2. The number of hydrogen-bond acceptors (Lipinski definition) is 4. The van der Waals surface area contributed by atoms with Gasteiger partial charge in [-0.15, -0.1) is 11.6 Å². The van der Waals surface area contributed by atoms with Crippen LogP contribution in [0.2, 0.25) is 0 Å². The Hall–Kier alpha value is -2.18. The van der Waals surface area contributed by atoms with E-state index in [1.165, 1.54) is 6.21 Å². The molecule has 41 heavy (non-hydrogen) atoms. The lowest BCUT2D eigenvalue weighted by Gasteiger charge is -2.46. The predicted molar refractivity (Wildman–Crippen MR) is 174 cm³/mol. The molecule has 2 N–H and O–H groups in total. The Morgan fingerprint density at radius 2 is 1.88 bits per heavy atom. The van der Waals surface area contributed by atoms with Crippen LogP contribution in [-0.4, -0.2) is 52.8 Å². The van der Waals surface area contributed by atoms with Gasteiger partial charge in [0.05, 0.1) is 12.6 Å². The molecule has 1 saturated carbocycles. The number of carbonyl (C=O) groups is 2. The lowest BCUT2D eigenvalue weighted by Crippen LogP contribution is -2.54. The van der Waals surface area contributed by atoms with Crippen molar-refractivity contribution < 1.29 is 9.59 Å². The maximum absolute atomic E-state index is 14.4. The van der Waals surface area contributed by atoms with Gasteiger partial charge < -0.3 is 15.6 Å². The third-order valence-corrected chi connectivity index (χ3v) is 8.68. The number of amides is 2. The standard InChI is InChI=1S/C33H50Cl2N4O2/c1-8-25-12-17-33(18-13-25)38-29(24(4)22-27(35)15-19-34)31(41)39(33)28(14-16-32(5,6)7)26(9-2)11-10-23(3)30(40)37-21-20-36/h10-11,15,20,22,25,28,36H,8-9,12-14,16-19,21H2,1-7H3,(H,37,40)/b23-10+,24-22+,26-11+,27-15+,36-20?. The third-order valence-electron chi connectivity index (χ3n) is 8.26. The highest BCUT2D eigenvalue weighted by Gasteiger charge is 2.51. The molecule has 1 aliphatic heterocycles. The van der Waals surface area contributed by atoms with Crippen LogP contribution in [-0.2, 0) is 9.59 Å². The van der Waals surface area contributed by atoms with E-state index < -0.39 is 5.66 Å². The number of nitrogens with one attached hydrogen (secondary N) is 2. The van der Waals surface area contributed by atoms with Gasteiger partial charge in [0.15, 0.2) is 0 Å². The molecule has 228 valence electrons. The number of rotatable bonds is 13. The van der Waals surface area contributed by atoms with Crippen LogP contribution in [0.3, 0.4) is 0 Å². The van der Waals surface area contributed by atoms with E-state index in [1.807, 2.05) is 19.1 Å². The summed E-state index contributed by atoms with van der Waals surface area (Å²) in [5.41, 5.74) is 2.40. The third kappa shape index (κ3) is 9.68. The Labute approximate surface area is 257 Å².